The lowest BCUT2D eigenvalue weighted by Crippen LogP contribution is -2.32. The summed E-state index contributed by atoms with van der Waals surface area (Å²) < 4.78 is 5.32. The number of hydrazine groups is 1. The molecule has 1 unspecified atom stereocenters. The molecule has 1 aromatic carbocycles. The molecule has 1 amide bonds. The third-order valence-electron chi connectivity index (χ3n) is 2.62. The van der Waals surface area contributed by atoms with Crippen molar-refractivity contribution in [2.45, 2.75) is 26.3 Å². The molecule has 0 bridgehead atoms. The molecule has 1 rings (SSSR count). The SMILES string of the molecule is COc1c(C)cc(C)cc1C(N)CC(=O)NN. The van der Waals surface area contributed by atoms with Crippen molar-refractivity contribution in [2.75, 3.05) is 7.11 Å². The molecule has 0 saturated carbocycles. The summed E-state index contributed by atoms with van der Waals surface area (Å²) in [7, 11) is 1.59. The molecule has 5 nitrogen and oxygen atoms in total. The van der Waals surface area contributed by atoms with Crippen LogP contribution in [0.15, 0.2) is 12.1 Å². The summed E-state index contributed by atoms with van der Waals surface area (Å²) in [6.07, 6.45) is 0.135. The molecule has 5 N–H and O–H groups in total. The number of rotatable bonds is 4. The molecule has 94 valence electrons. The zero-order valence-corrected chi connectivity index (χ0v) is 10.4. The minimum atomic E-state index is -0.424. The molecule has 0 fully saturated rings. The van der Waals surface area contributed by atoms with Crippen LogP contribution in [0.4, 0.5) is 0 Å². The Labute approximate surface area is 101 Å². The number of methoxy groups -OCH3 is 1. The van der Waals surface area contributed by atoms with Crippen molar-refractivity contribution in [1.29, 1.82) is 0 Å². The van der Waals surface area contributed by atoms with Gasteiger partial charge in [0.2, 0.25) is 5.91 Å². The molecule has 0 spiro atoms. The van der Waals surface area contributed by atoms with Gasteiger partial charge in [-0.25, -0.2) is 5.84 Å². The second kappa shape index (κ2) is 5.65. The topological polar surface area (TPSA) is 90.4 Å². The molecule has 0 heterocycles. The maximum absolute atomic E-state index is 11.2. The van der Waals surface area contributed by atoms with Gasteiger partial charge in [-0.2, -0.15) is 0 Å². The van der Waals surface area contributed by atoms with Gasteiger partial charge >= 0.3 is 0 Å². The summed E-state index contributed by atoms with van der Waals surface area (Å²) in [6.45, 7) is 3.93. The van der Waals surface area contributed by atoms with Crippen molar-refractivity contribution in [2.24, 2.45) is 11.6 Å². The van der Waals surface area contributed by atoms with E-state index in [2.05, 4.69) is 5.43 Å². The van der Waals surface area contributed by atoms with E-state index in [0.29, 0.717) is 0 Å². The van der Waals surface area contributed by atoms with Crippen LogP contribution in [0.2, 0.25) is 0 Å². The van der Waals surface area contributed by atoms with Crippen molar-refractivity contribution in [1.82, 2.24) is 5.43 Å². The zero-order chi connectivity index (χ0) is 13.0. The quantitative estimate of drug-likeness (QED) is 0.408. The number of nitrogens with two attached hydrogens (primary N) is 2. The van der Waals surface area contributed by atoms with E-state index in [4.69, 9.17) is 16.3 Å². The summed E-state index contributed by atoms with van der Waals surface area (Å²) >= 11 is 0. The van der Waals surface area contributed by atoms with E-state index >= 15 is 0 Å². The average molecular weight is 237 g/mol. The Balaban J connectivity index is 3.07. The van der Waals surface area contributed by atoms with E-state index in [0.717, 1.165) is 22.4 Å². The molecule has 0 aliphatic heterocycles. The number of aryl methyl sites for hydroxylation is 2. The molecule has 0 aromatic heterocycles. The minimum absolute atomic E-state index is 0.135. The molecular formula is C12H19N3O2. The van der Waals surface area contributed by atoms with E-state index in [1.54, 1.807) is 7.11 Å². The van der Waals surface area contributed by atoms with Gasteiger partial charge in [0.1, 0.15) is 5.75 Å². The second-order valence-corrected chi connectivity index (χ2v) is 4.08. The predicted molar refractivity (Wildman–Crippen MR) is 66.3 cm³/mol. The van der Waals surface area contributed by atoms with Crippen molar-refractivity contribution in [3.05, 3.63) is 28.8 Å². The van der Waals surface area contributed by atoms with E-state index in [-0.39, 0.29) is 12.3 Å². The maximum Gasteiger partial charge on any atom is 0.235 e. The third kappa shape index (κ3) is 3.18. The lowest BCUT2D eigenvalue weighted by Gasteiger charge is -2.17. The number of benzene rings is 1. The lowest BCUT2D eigenvalue weighted by molar-refractivity contribution is -0.121. The normalized spacial score (nSPS) is 12.1. The number of carbonyl (C=O) groups excluding carboxylic acids is 1. The summed E-state index contributed by atoms with van der Waals surface area (Å²) in [5, 5.41) is 0. The number of hydrogen-bond donors (Lipinski definition) is 3. The van der Waals surface area contributed by atoms with E-state index in [1.165, 1.54) is 0 Å². The van der Waals surface area contributed by atoms with Gasteiger partial charge in [0, 0.05) is 18.0 Å². The fourth-order valence-corrected chi connectivity index (χ4v) is 1.91. The van der Waals surface area contributed by atoms with Gasteiger partial charge in [0.15, 0.2) is 0 Å². The Morgan fingerprint density at radius 2 is 2.12 bits per heavy atom. The van der Waals surface area contributed by atoms with Gasteiger partial charge in [-0.15, -0.1) is 0 Å². The van der Waals surface area contributed by atoms with Crippen molar-refractivity contribution < 1.29 is 9.53 Å². The molecule has 17 heavy (non-hydrogen) atoms. The standard InChI is InChI=1S/C12H19N3O2/c1-7-4-8(2)12(17-3)9(5-7)10(13)6-11(16)15-14/h4-5,10H,6,13-14H2,1-3H3,(H,15,16). The highest BCUT2D eigenvalue weighted by Crippen LogP contribution is 2.30. The van der Waals surface area contributed by atoms with Crippen LogP contribution in [0.1, 0.15) is 29.2 Å². The Morgan fingerprint density at radius 3 is 2.65 bits per heavy atom. The van der Waals surface area contributed by atoms with Gasteiger partial charge in [0.05, 0.1) is 7.11 Å². The fraction of sp³-hybridized carbons (Fsp3) is 0.417. The van der Waals surface area contributed by atoms with Crippen LogP contribution in [0, 0.1) is 13.8 Å². The first-order chi connectivity index (χ1) is 7.99. The summed E-state index contributed by atoms with van der Waals surface area (Å²) in [4.78, 5) is 11.2. The number of ether oxygens (including phenoxy) is 1. The predicted octanol–water partition coefficient (Wildman–Crippen LogP) is 0.692. The smallest absolute Gasteiger partial charge is 0.235 e. The molecule has 5 heteroatoms. The van der Waals surface area contributed by atoms with Crippen molar-refractivity contribution >= 4 is 5.91 Å². The zero-order valence-electron chi connectivity index (χ0n) is 10.4. The van der Waals surface area contributed by atoms with Gasteiger partial charge in [0.25, 0.3) is 0 Å². The number of nitrogens with one attached hydrogen (secondary N) is 1. The average Bonchev–Trinajstić information content (AvgIpc) is 2.27. The van der Waals surface area contributed by atoms with Crippen LogP contribution in [-0.2, 0) is 4.79 Å². The first kappa shape index (κ1) is 13.5. The van der Waals surface area contributed by atoms with E-state index in [1.807, 2.05) is 26.0 Å². The van der Waals surface area contributed by atoms with Crippen molar-refractivity contribution in [3.8, 4) is 5.75 Å². The molecule has 1 aromatic rings. The molecule has 0 radical (unpaired) electrons. The molecule has 1 atom stereocenters. The summed E-state index contributed by atoms with van der Waals surface area (Å²) in [5.74, 6) is 5.48. The Bertz CT molecular complexity index is 418. The van der Waals surface area contributed by atoms with Crippen LogP contribution >= 0.6 is 0 Å². The Morgan fingerprint density at radius 1 is 1.47 bits per heavy atom. The lowest BCUT2D eigenvalue weighted by atomic mass is 9.98. The van der Waals surface area contributed by atoms with Crippen LogP contribution in [0.3, 0.4) is 0 Å². The van der Waals surface area contributed by atoms with Crippen LogP contribution in [-0.4, -0.2) is 13.0 Å². The molecule has 0 saturated heterocycles. The van der Waals surface area contributed by atoms with Gasteiger partial charge < -0.3 is 10.5 Å². The summed E-state index contributed by atoms with van der Waals surface area (Å²) in [5.41, 5.74) is 11.0. The first-order valence-electron chi connectivity index (χ1n) is 5.39. The minimum Gasteiger partial charge on any atom is -0.496 e. The maximum atomic E-state index is 11.2. The number of hydrogen-bond acceptors (Lipinski definition) is 4. The van der Waals surface area contributed by atoms with Gasteiger partial charge in [-0.3, -0.25) is 10.2 Å². The molecule has 0 aliphatic carbocycles. The highest BCUT2D eigenvalue weighted by atomic mass is 16.5. The first-order valence-corrected chi connectivity index (χ1v) is 5.39. The van der Waals surface area contributed by atoms with Crippen LogP contribution < -0.4 is 21.7 Å². The third-order valence-corrected chi connectivity index (χ3v) is 2.62. The molecular weight excluding hydrogens is 218 g/mol. The van der Waals surface area contributed by atoms with Crippen LogP contribution in [0.25, 0.3) is 0 Å². The number of amides is 1. The number of carbonyl (C=O) groups is 1. The van der Waals surface area contributed by atoms with Gasteiger partial charge in [-0.1, -0.05) is 17.7 Å². The molecule has 0 aliphatic rings. The Kier molecular flexibility index (Phi) is 4.48. The van der Waals surface area contributed by atoms with E-state index < -0.39 is 6.04 Å². The second-order valence-electron chi connectivity index (χ2n) is 4.08. The largest absolute Gasteiger partial charge is 0.496 e. The highest BCUT2D eigenvalue weighted by molar-refractivity contribution is 5.76. The monoisotopic (exact) mass is 237 g/mol. The summed E-state index contributed by atoms with van der Waals surface area (Å²) in [6, 6.07) is 3.52. The van der Waals surface area contributed by atoms with Crippen molar-refractivity contribution in [3.63, 3.8) is 0 Å². The highest BCUT2D eigenvalue weighted by Gasteiger charge is 2.17. The van der Waals surface area contributed by atoms with Crippen LogP contribution in [0.5, 0.6) is 5.75 Å². The van der Waals surface area contributed by atoms with Gasteiger partial charge in [-0.05, 0) is 19.4 Å². The van der Waals surface area contributed by atoms with E-state index in [9.17, 15) is 4.79 Å². The fourth-order valence-electron chi connectivity index (χ4n) is 1.91. The Hall–Kier alpha value is -1.59.